The molecule has 0 spiro atoms. The summed E-state index contributed by atoms with van der Waals surface area (Å²) < 4.78 is 5.80. The number of piperazine rings is 1. The van der Waals surface area contributed by atoms with Gasteiger partial charge in [0.05, 0.1) is 6.04 Å². The number of carbonyl (C=O) groups excluding carboxylic acids is 2. The molecule has 1 aromatic rings. The van der Waals surface area contributed by atoms with Gasteiger partial charge in [0.25, 0.3) is 5.91 Å². The van der Waals surface area contributed by atoms with Crippen molar-refractivity contribution in [2.45, 2.75) is 45.3 Å². The van der Waals surface area contributed by atoms with Crippen molar-refractivity contribution in [1.82, 2.24) is 15.1 Å². The van der Waals surface area contributed by atoms with Crippen molar-refractivity contribution in [3.05, 3.63) is 29.8 Å². The predicted molar refractivity (Wildman–Crippen MR) is 107 cm³/mol. The number of rotatable bonds is 5. The van der Waals surface area contributed by atoms with E-state index >= 15 is 0 Å². The minimum atomic E-state index is -0.527. The van der Waals surface area contributed by atoms with E-state index in [0.717, 1.165) is 25.8 Å². The van der Waals surface area contributed by atoms with Crippen LogP contribution in [0.15, 0.2) is 24.3 Å². The molecule has 2 atom stereocenters. The smallest absolute Gasteiger partial charge is 0.263 e. The van der Waals surface area contributed by atoms with Gasteiger partial charge in [0.15, 0.2) is 6.10 Å². The van der Waals surface area contributed by atoms with Crippen molar-refractivity contribution < 1.29 is 14.3 Å². The van der Waals surface area contributed by atoms with E-state index in [0.29, 0.717) is 31.9 Å². The quantitative estimate of drug-likeness (QED) is 0.826. The Kier molecular flexibility index (Phi) is 7.92. The maximum Gasteiger partial charge on any atom is 0.263 e. The molecule has 2 amide bonds. The molecular formula is C20H30ClN3O3. The van der Waals surface area contributed by atoms with Crippen LogP contribution in [0, 0.1) is 0 Å². The highest BCUT2D eigenvalue weighted by Crippen LogP contribution is 2.16. The third-order valence-corrected chi connectivity index (χ3v) is 5.25. The summed E-state index contributed by atoms with van der Waals surface area (Å²) in [5.41, 5.74) is 1.24. The van der Waals surface area contributed by atoms with E-state index in [2.05, 4.69) is 12.2 Å². The molecule has 6 nitrogen and oxygen atoms in total. The molecule has 1 aromatic carbocycles. The van der Waals surface area contributed by atoms with Crippen LogP contribution in [0.25, 0.3) is 0 Å². The van der Waals surface area contributed by atoms with Gasteiger partial charge in [-0.3, -0.25) is 9.59 Å². The van der Waals surface area contributed by atoms with Crippen molar-refractivity contribution in [3.8, 4) is 5.75 Å². The maximum atomic E-state index is 12.6. The first-order chi connectivity index (χ1) is 12.6. The fourth-order valence-electron chi connectivity index (χ4n) is 3.58. The van der Waals surface area contributed by atoms with Gasteiger partial charge in [-0.2, -0.15) is 0 Å². The molecule has 1 N–H and O–H groups in total. The Bertz CT molecular complexity index is 624. The highest BCUT2D eigenvalue weighted by atomic mass is 35.5. The van der Waals surface area contributed by atoms with E-state index in [-0.39, 0.29) is 30.3 Å². The molecule has 2 aliphatic rings. The highest BCUT2D eigenvalue weighted by Gasteiger charge is 2.31. The third-order valence-electron chi connectivity index (χ3n) is 5.25. The number of amides is 2. The number of halogens is 1. The number of benzene rings is 1. The summed E-state index contributed by atoms with van der Waals surface area (Å²) >= 11 is 0. The van der Waals surface area contributed by atoms with Gasteiger partial charge in [0.2, 0.25) is 5.91 Å². The van der Waals surface area contributed by atoms with Gasteiger partial charge in [-0.15, -0.1) is 12.4 Å². The first-order valence-corrected chi connectivity index (χ1v) is 9.65. The Balaban J connectivity index is 0.00000261. The van der Waals surface area contributed by atoms with Crippen molar-refractivity contribution >= 4 is 24.2 Å². The second-order valence-electron chi connectivity index (χ2n) is 7.06. The van der Waals surface area contributed by atoms with Crippen LogP contribution in [-0.4, -0.2) is 66.5 Å². The Labute approximate surface area is 167 Å². The van der Waals surface area contributed by atoms with Gasteiger partial charge in [-0.25, -0.2) is 0 Å². The second kappa shape index (κ2) is 9.95. The maximum absolute atomic E-state index is 12.6. The van der Waals surface area contributed by atoms with E-state index in [1.165, 1.54) is 5.56 Å². The molecule has 0 aromatic heterocycles. The zero-order valence-corrected chi connectivity index (χ0v) is 17.0. The SMILES string of the molecule is CCc1ccc(OC(C)C(=O)N2CCN(C(=O)C3CCCN3)CC2)cc1.Cl. The van der Waals surface area contributed by atoms with Crippen LogP contribution in [0.4, 0.5) is 0 Å². The Morgan fingerprint density at radius 3 is 2.33 bits per heavy atom. The van der Waals surface area contributed by atoms with Gasteiger partial charge >= 0.3 is 0 Å². The Morgan fingerprint density at radius 2 is 1.78 bits per heavy atom. The van der Waals surface area contributed by atoms with Crippen LogP contribution in [0.1, 0.15) is 32.3 Å². The monoisotopic (exact) mass is 395 g/mol. The van der Waals surface area contributed by atoms with E-state index < -0.39 is 6.10 Å². The first kappa shape index (κ1) is 21.5. The molecule has 2 aliphatic heterocycles. The summed E-state index contributed by atoms with van der Waals surface area (Å²) in [6.07, 6.45) is 2.43. The molecule has 27 heavy (non-hydrogen) atoms. The number of ether oxygens (including phenoxy) is 1. The number of hydrogen-bond donors (Lipinski definition) is 1. The predicted octanol–water partition coefficient (Wildman–Crippen LogP) is 1.86. The van der Waals surface area contributed by atoms with Crippen molar-refractivity contribution in [2.24, 2.45) is 0 Å². The summed E-state index contributed by atoms with van der Waals surface area (Å²) in [5, 5.41) is 3.25. The van der Waals surface area contributed by atoms with Gasteiger partial charge in [0.1, 0.15) is 5.75 Å². The van der Waals surface area contributed by atoms with Gasteiger partial charge in [-0.05, 0) is 50.4 Å². The average Bonchev–Trinajstić information content (AvgIpc) is 3.22. The van der Waals surface area contributed by atoms with Crippen molar-refractivity contribution in [2.75, 3.05) is 32.7 Å². The normalized spacial score (nSPS) is 20.7. The molecule has 2 unspecified atom stereocenters. The van der Waals surface area contributed by atoms with Crippen LogP contribution >= 0.6 is 12.4 Å². The number of hydrogen-bond acceptors (Lipinski definition) is 4. The molecule has 2 saturated heterocycles. The fourth-order valence-corrected chi connectivity index (χ4v) is 3.58. The number of aryl methyl sites for hydroxylation is 1. The first-order valence-electron chi connectivity index (χ1n) is 9.65. The molecule has 2 heterocycles. The van der Waals surface area contributed by atoms with Gasteiger partial charge in [0, 0.05) is 26.2 Å². The van der Waals surface area contributed by atoms with Crippen molar-refractivity contribution in [3.63, 3.8) is 0 Å². The minimum Gasteiger partial charge on any atom is -0.481 e. The third kappa shape index (κ3) is 5.36. The summed E-state index contributed by atoms with van der Waals surface area (Å²) in [6, 6.07) is 7.83. The van der Waals surface area contributed by atoms with Crippen LogP contribution in [0.3, 0.4) is 0 Å². The lowest BCUT2D eigenvalue weighted by molar-refractivity contribution is -0.144. The molecule has 0 aliphatic carbocycles. The molecule has 0 saturated carbocycles. The van der Waals surface area contributed by atoms with E-state index in [4.69, 9.17) is 4.74 Å². The standard InChI is InChI=1S/C20H29N3O3.ClH/c1-3-16-6-8-17(9-7-16)26-15(2)19(24)22-11-13-23(14-12-22)20(25)18-5-4-10-21-18;/h6-9,15,18,21H,3-5,10-14H2,1-2H3;1H. The van der Waals surface area contributed by atoms with Gasteiger partial charge < -0.3 is 19.9 Å². The molecule has 150 valence electrons. The molecule has 0 bridgehead atoms. The Morgan fingerprint density at radius 1 is 1.15 bits per heavy atom. The van der Waals surface area contributed by atoms with Crippen LogP contribution < -0.4 is 10.1 Å². The van der Waals surface area contributed by atoms with E-state index in [9.17, 15) is 9.59 Å². The number of nitrogens with one attached hydrogen (secondary N) is 1. The molecule has 3 rings (SSSR count). The fraction of sp³-hybridized carbons (Fsp3) is 0.600. The molecule has 2 fully saturated rings. The number of carbonyl (C=O) groups is 2. The molecular weight excluding hydrogens is 366 g/mol. The van der Waals surface area contributed by atoms with E-state index in [1.807, 2.05) is 29.2 Å². The molecule has 0 radical (unpaired) electrons. The average molecular weight is 396 g/mol. The summed E-state index contributed by atoms with van der Waals surface area (Å²) in [6.45, 7) is 7.15. The lowest BCUT2D eigenvalue weighted by atomic mass is 10.1. The lowest BCUT2D eigenvalue weighted by Gasteiger charge is -2.36. The van der Waals surface area contributed by atoms with Crippen LogP contribution in [0.2, 0.25) is 0 Å². The second-order valence-corrected chi connectivity index (χ2v) is 7.06. The zero-order chi connectivity index (χ0) is 18.5. The topological polar surface area (TPSA) is 61.9 Å². The van der Waals surface area contributed by atoms with Crippen LogP contribution in [-0.2, 0) is 16.0 Å². The summed E-state index contributed by atoms with van der Waals surface area (Å²) in [4.78, 5) is 28.8. The number of nitrogens with zero attached hydrogens (tertiary/aromatic N) is 2. The summed E-state index contributed by atoms with van der Waals surface area (Å²) in [5.74, 6) is 0.870. The lowest BCUT2D eigenvalue weighted by Crippen LogP contribution is -2.55. The molecule has 7 heteroatoms. The highest BCUT2D eigenvalue weighted by molar-refractivity contribution is 5.85. The van der Waals surface area contributed by atoms with E-state index in [1.54, 1.807) is 11.8 Å². The Hall–Kier alpha value is -1.79. The van der Waals surface area contributed by atoms with Crippen LogP contribution in [0.5, 0.6) is 5.75 Å². The summed E-state index contributed by atoms with van der Waals surface area (Å²) in [7, 11) is 0. The minimum absolute atomic E-state index is 0. The van der Waals surface area contributed by atoms with Crippen molar-refractivity contribution in [1.29, 1.82) is 0 Å². The van der Waals surface area contributed by atoms with Gasteiger partial charge in [-0.1, -0.05) is 19.1 Å². The largest absolute Gasteiger partial charge is 0.481 e. The zero-order valence-electron chi connectivity index (χ0n) is 16.1.